The average Bonchev–Trinajstić information content (AvgIpc) is 3.01. The normalized spacial score (nSPS) is 11.9. The minimum Gasteiger partial charge on any atom is -0.495 e. The van der Waals surface area contributed by atoms with Crippen molar-refractivity contribution in [3.8, 4) is 5.75 Å². The van der Waals surface area contributed by atoms with Gasteiger partial charge in [-0.05, 0) is 47.5 Å². The van der Waals surface area contributed by atoms with Gasteiger partial charge in [0, 0.05) is 22.0 Å². The number of carbonyl (C=O) groups excluding carboxylic acids is 2. The van der Waals surface area contributed by atoms with Crippen LogP contribution in [0.4, 0.5) is 5.69 Å². The van der Waals surface area contributed by atoms with Crippen LogP contribution in [0.3, 0.4) is 0 Å². The average molecular weight is 466 g/mol. The second kappa shape index (κ2) is 8.24. The molecule has 6 nitrogen and oxygen atoms in total. The Labute approximate surface area is 175 Å². The molecule has 1 aromatic heterocycles. The molecule has 0 spiro atoms. The van der Waals surface area contributed by atoms with Crippen molar-refractivity contribution in [3.05, 3.63) is 57.2 Å². The minimum absolute atomic E-state index is 0.251. The van der Waals surface area contributed by atoms with Crippen molar-refractivity contribution in [3.63, 3.8) is 0 Å². The highest BCUT2D eigenvalue weighted by Gasteiger charge is 2.24. The number of esters is 1. The monoisotopic (exact) mass is 464 g/mol. The Bertz CT molecular complexity index is 1060. The molecule has 0 aliphatic carbocycles. The maximum absolute atomic E-state index is 12.5. The number of aryl methyl sites for hydroxylation is 1. The number of benzene rings is 2. The molecule has 1 heterocycles. The van der Waals surface area contributed by atoms with Crippen molar-refractivity contribution in [2.75, 3.05) is 12.4 Å². The summed E-state index contributed by atoms with van der Waals surface area (Å²) in [6, 6.07) is 10.8. The van der Waals surface area contributed by atoms with E-state index in [0.29, 0.717) is 20.9 Å². The Hall–Kier alpha value is -2.51. The summed E-state index contributed by atoms with van der Waals surface area (Å²) in [5.41, 5.74) is 2.27. The van der Waals surface area contributed by atoms with E-state index in [1.807, 2.05) is 31.2 Å². The molecule has 0 aliphatic rings. The third kappa shape index (κ3) is 4.00. The first-order chi connectivity index (χ1) is 13.3. The molecular weight excluding hydrogens is 448 g/mol. The molecule has 0 saturated heterocycles. The minimum atomic E-state index is -1.02. The number of aromatic amines is 1. The molecule has 3 rings (SSSR count). The van der Waals surface area contributed by atoms with Crippen LogP contribution in [-0.2, 0) is 9.53 Å². The molecule has 2 N–H and O–H groups in total. The largest absolute Gasteiger partial charge is 0.495 e. The molecule has 0 radical (unpaired) electrons. The molecule has 1 unspecified atom stereocenters. The number of nitrogens with one attached hydrogen (secondary N) is 2. The van der Waals surface area contributed by atoms with Crippen LogP contribution in [-0.4, -0.2) is 30.1 Å². The van der Waals surface area contributed by atoms with E-state index in [0.717, 1.165) is 16.5 Å². The molecule has 146 valence electrons. The Morgan fingerprint density at radius 3 is 2.64 bits per heavy atom. The highest BCUT2D eigenvalue weighted by atomic mass is 79.9. The van der Waals surface area contributed by atoms with Gasteiger partial charge in [0.2, 0.25) is 0 Å². The second-order valence-electron chi connectivity index (χ2n) is 6.20. The summed E-state index contributed by atoms with van der Waals surface area (Å²) < 4.78 is 11.2. The Morgan fingerprint density at radius 1 is 1.25 bits per heavy atom. The third-order valence-corrected chi connectivity index (χ3v) is 5.47. The van der Waals surface area contributed by atoms with Gasteiger partial charge < -0.3 is 19.8 Å². The summed E-state index contributed by atoms with van der Waals surface area (Å²) in [6.45, 7) is 3.31. The summed E-state index contributed by atoms with van der Waals surface area (Å²) in [5, 5.41) is 4.09. The molecule has 0 aliphatic heterocycles. The number of halogens is 2. The van der Waals surface area contributed by atoms with Gasteiger partial charge in [0.15, 0.2) is 6.10 Å². The Morgan fingerprint density at radius 2 is 1.96 bits per heavy atom. The second-order valence-corrected chi connectivity index (χ2v) is 7.40. The van der Waals surface area contributed by atoms with E-state index < -0.39 is 18.0 Å². The van der Waals surface area contributed by atoms with Crippen molar-refractivity contribution in [2.24, 2.45) is 0 Å². The molecule has 0 saturated carbocycles. The number of para-hydroxylation sites is 1. The van der Waals surface area contributed by atoms with E-state index in [2.05, 4.69) is 26.2 Å². The standard InChI is InChI=1S/C20H18BrClN2O4/c1-10-8-15(16(27-3)9-13(10)22)24-19(25)11(2)28-20(26)18-17(21)12-6-4-5-7-14(12)23-18/h4-9,11,23H,1-3H3,(H,24,25). The number of amides is 1. The first-order valence-electron chi connectivity index (χ1n) is 8.44. The fourth-order valence-corrected chi connectivity index (χ4v) is 3.45. The number of carbonyl (C=O) groups is 2. The number of fused-ring (bicyclic) bond motifs is 1. The van der Waals surface area contributed by atoms with Gasteiger partial charge >= 0.3 is 5.97 Å². The van der Waals surface area contributed by atoms with Crippen LogP contribution >= 0.6 is 27.5 Å². The van der Waals surface area contributed by atoms with Crippen molar-refractivity contribution < 1.29 is 19.1 Å². The zero-order valence-electron chi connectivity index (χ0n) is 15.4. The number of anilines is 1. The fourth-order valence-electron chi connectivity index (χ4n) is 2.69. The van der Waals surface area contributed by atoms with Crippen LogP contribution in [0.25, 0.3) is 10.9 Å². The van der Waals surface area contributed by atoms with E-state index in [1.165, 1.54) is 14.0 Å². The number of H-pyrrole nitrogens is 1. The maximum atomic E-state index is 12.5. The molecule has 0 fully saturated rings. The lowest BCUT2D eigenvalue weighted by molar-refractivity contribution is -0.123. The van der Waals surface area contributed by atoms with Crippen LogP contribution in [0, 0.1) is 6.92 Å². The highest BCUT2D eigenvalue weighted by Crippen LogP contribution is 2.31. The van der Waals surface area contributed by atoms with Gasteiger partial charge in [0.1, 0.15) is 11.4 Å². The molecule has 2 aromatic carbocycles. The topological polar surface area (TPSA) is 80.4 Å². The lowest BCUT2D eigenvalue weighted by atomic mass is 10.2. The van der Waals surface area contributed by atoms with E-state index >= 15 is 0 Å². The summed E-state index contributed by atoms with van der Waals surface area (Å²) in [4.78, 5) is 28.0. The van der Waals surface area contributed by atoms with Crippen molar-refractivity contribution in [1.82, 2.24) is 4.98 Å². The molecule has 1 amide bonds. The number of rotatable bonds is 5. The van der Waals surface area contributed by atoms with Gasteiger partial charge in [-0.3, -0.25) is 4.79 Å². The molecule has 8 heteroatoms. The van der Waals surface area contributed by atoms with Gasteiger partial charge in [0.25, 0.3) is 5.91 Å². The molecule has 1 atom stereocenters. The zero-order chi connectivity index (χ0) is 20.4. The lowest BCUT2D eigenvalue weighted by Gasteiger charge is -2.16. The van der Waals surface area contributed by atoms with Gasteiger partial charge in [-0.25, -0.2) is 4.79 Å². The predicted molar refractivity (Wildman–Crippen MR) is 112 cm³/mol. The quantitative estimate of drug-likeness (QED) is 0.515. The lowest BCUT2D eigenvalue weighted by Crippen LogP contribution is -2.30. The van der Waals surface area contributed by atoms with Gasteiger partial charge in [-0.2, -0.15) is 0 Å². The fraction of sp³-hybridized carbons (Fsp3) is 0.200. The van der Waals surface area contributed by atoms with Gasteiger partial charge in [0.05, 0.1) is 17.3 Å². The predicted octanol–water partition coefficient (Wildman–Crippen LogP) is 5.08. The SMILES string of the molecule is COc1cc(Cl)c(C)cc1NC(=O)C(C)OC(=O)c1[nH]c2ccccc2c1Br. The smallest absolute Gasteiger partial charge is 0.356 e. The van der Waals surface area contributed by atoms with Crippen LogP contribution in [0.1, 0.15) is 23.0 Å². The molecule has 28 heavy (non-hydrogen) atoms. The van der Waals surface area contributed by atoms with Crippen molar-refractivity contribution in [2.45, 2.75) is 20.0 Å². The number of hydrogen-bond donors (Lipinski definition) is 2. The zero-order valence-corrected chi connectivity index (χ0v) is 17.8. The number of hydrogen-bond acceptors (Lipinski definition) is 4. The third-order valence-electron chi connectivity index (χ3n) is 4.24. The van der Waals surface area contributed by atoms with E-state index in [1.54, 1.807) is 12.1 Å². The van der Waals surface area contributed by atoms with Gasteiger partial charge in [-0.1, -0.05) is 29.8 Å². The summed E-state index contributed by atoms with van der Waals surface area (Å²) >= 11 is 9.48. The van der Waals surface area contributed by atoms with Crippen molar-refractivity contribution in [1.29, 1.82) is 0 Å². The van der Waals surface area contributed by atoms with Crippen LogP contribution in [0.5, 0.6) is 5.75 Å². The van der Waals surface area contributed by atoms with E-state index in [4.69, 9.17) is 21.1 Å². The Balaban J connectivity index is 1.74. The van der Waals surface area contributed by atoms with E-state index in [-0.39, 0.29) is 5.69 Å². The van der Waals surface area contributed by atoms with Crippen LogP contribution in [0.2, 0.25) is 5.02 Å². The summed E-state index contributed by atoms with van der Waals surface area (Å²) in [6.07, 6.45) is -1.02. The summed E-state index contributed by atoms with van der Waals surface area (Å²) in [5.74, 6) is -0.702. The van der Waals surface area contributed by atoms with Crippen LogP contribution < -0.4 is 10.1 Å². The molecular formula is C20H18BrClN2O4. The number of methoxy groups -OCH3 is 1. The summed E-state index contributed by atoms with van der Waals surface area (Å²) in [7, 11) is 1.48. The Kier molecular flexibility index (Phi) is 5.96. The number of ether oxygens (including phenoxy) is 2. The molecule has 0 bridgehead atoms. The molecule has 3 aromatic rings. The first kappa shape index (κ1) is 20.2. The highest BCUT2D eigenvalue weighted by molar-refractivity contribution is 9.10. The van der Waals surface area contributed by atoms with Crippen LogP contribution in [0.15, 0.2) is 40.9 Å². The van der Waals surface area contributed by atoms with Gasteiger partial charge in [-0.15, -0.1) is 0 Å². The van der Waals surface area contributed by atoms with E-state index in [9.17, 15) is 9.59 Å². The first-order valence-corrected chi connectivity index (χ1v) is 9.61. The number of aromatic nitrogens is 1. The van der Waals surface area contributed by atoms with Crippen molar-refractivity contribution >= 4 is 56.0 Å². The maximum Gasteiger partial charge on any atom is 0.356 e.